The third-order valence-electron chi connectivity index (χ3n) is 5.56. The third-order valence-corrected chi connectivity index (χ3v) is 5.56. The first-order valence-corrected chi connectivity index (χ1v) is 9.04. The molecule has 2 heterocycles. The van der Waals surface area contributed by atoms with Crippen LogP contribution in [0.5, 0.6) is 0 Å². The molecular formula is C19H31N3. The van der Waals surface area contributed by atoms with Gasteiger partial charge in [0.25, 0.3) is 0 Å². The van der Waals surface area contributed by atoms with E-state index in [4.69, 9.17) is 0 Å². The number of nitrogens with one attached hydrogen (secondary N) is 1. The molecule has 1 aromatic rings. The Bertz CT molecular complexity index is 491. The molecule has 1 fully saturated rings. The molecule has 0 radical (unpaired) electrons. The zero-order valence-electron chi connectivity index (χ0n) is 14.4. The summed E-state index contributed by atoms with van der Waals surface area (Å²) in [6.07, 6.45) is 3.72. The summed E-state index contributed by atoms with van der Waals surface area (Å²) >= 11 is 0. The van der Waals surface area contributed by atoms with Crippen LogP contribution in [0, 0.1) is 0 Å². The molecule has 3 heteroatoms. The van der Waals surface area contributed by atoms with Crippen LogP contribution >= 0.6 is 0 Å². The van der Waals surface area contributed by atoms with Crippen molar-refractivity contribution in [1.29, 1.82) is 0 Å². The predicted molar refractivity (Wildman–Crippen MR) is 94.7 cm³/mol. The Labute approximate surface area is 135 Å². The highest BCUT2D eigenvalue weighted by atomic mass is 15.3. The second kappa shape index (κ2) is 7.01. The topological polar surface area (TPSA) is 18.5 Å². The highest BCUT2D eigenvalue weighted by Gasteiger charge is 2.22. The van der Waals surface area contributed by atoms with Gasteiger partial charge in [0.15, 0.2) is 0 Å². The molecule has 0 spiro atoms. The van der Waals surface area contributed by atoms with Gasteiger partial charge < -0.3 is 10.2 Å². The molecule has 1 saturated heterocycles. The lowest BCUT2D eigenvalue weighted by Gasteiger charge is -2.39. The highest BCUT2D eigenvalue weighted by Crippen LogP contribution is 2.28. The lowest BCUT2D eigenvalue weighted by molar-refractivity contribution is 0.193. The molecule has 3 nitrogen and oxygen atoms in total. The normalized spacial score (nSPS) is 24.7. The third kappa shape index (κ3) is 3.31. The van der Waals surface area contributed by atoms with Gasteiger partial charge in [-0.3, -0.25) is 4.90 Å². The van der Waals surface area contributed by atoms with Crippen LogP contribution in [0.4, 0.5) is 5.69 Å². The number of nitrogens with zero attached hydrogens (tertiary/aromatic N) is 2. The molecule has 1 N–H and O–H groups in total. The zero-order chi connectivity index (χ0) is 15.5. The quantitative estimate of drug-likeness (QED) is 0.925. The van der Waals surface area contributed by atoms with Crippen molar-refractivity contribution in [2.24, 2.45) is 0 Å². The molecular weight excluding hydrogens is 270 g/mol. The fourth-order valence-electron chi connectivity index (χ4n) is 3.80. The molecule has 2 atom stereocenters. The minimum absolute atomic E-state index is 0.485. The van der Waals surface area contributed by atoms with Gasteiger partial charge in [0.05, 0.1) is 0 Å². The van der Waals surface area contributed by atoms with Crippen molar-refractivity contribution in [2.45, 2.75) is 52.1 Å². The fraction of sp³-hybridized carbons (Fsp3) is 0.684. The predicted octanol–water partition coefficient (Wildman–Crippen LogP) is 3.20. The van der Waals surface area contributed by atoms with Gasteiger partial charge in [0, 0.05) is 44.0 Å². The molecule has 122 valence electrons. The second-order valence-electron chi connectivity index (χ2n) is 6.94. The van der Waals surface area contributed by atoms with E-state index in [1.165, 1.54) is 43.6 Å². The standard InChI is InChI=1S/C19H31N3/c1-4-15(2)21-10-12-22(13-11-21)18-8-7-17-6-5-9-20-16(3)19(17)14-18/h7-8,14-16,20H,4-6,9-13H2,1-3H3/t15?,16-/m0/s1. The van der Waals surface area contributed by atoms with E-state index in [-0.39, 0.29) is 0 Å². The number of rotatable bonds is 3. The molecule has 0 bridgehead atoms. The smallest absolute Gasteiger partial charge is 0.0370 e. The summed E-state index contributed by atoms with van der Waals surface area (Å²) in [6, 6.07) is 8.36. The van der Waals surface area contributed by atoms with Gasteiger partial charge in [-0.1, -0.05) is 13.0 Å². The van der Waals surface area contributed by atoms with Crippen molar-refractivity contribution in [3.05, 3.63) is 29.3 Å². The molecule has 0 aromatic heterocycles. The van der Waals surface area contributed by atoms with E-state index in [0.717, 1.165) is 25.7 Å². The molecule has 1 unspecified atom stereocenters. The van der Waals surface area contributed by atoms with Crippen LogP contribution in [-0.4, -0.2) is 43.7 Å². The summed E-state index contributed by atoms with van der Waals surface area (Å²) in [7, 11) is 0. The van der Waals surface area contributed by atoms with E-state index in [9.17, 15) is 0 Å². The number of hydrogen-bond acceptors (Lipinski definition) is 3. The number of aryl methyl sites for hydroxylation is 1. The van der Waals surface area contributed by atoms with Crippen LogP contribution in [0.25, 0.3) is 0 Å². The van der Waals surface area contributed by atoms with E-state index in [1.54, 1.807) is 5.56 Å². The Morgan fingerprint density at radius 3 is 2.73 bits per heavy atom. The number of fused-ring (bicyclic) bond motifs is 1. The maximum absolute atomic E-state index is 3.63. The second-order valence-corrected chi connectivity index (χ2v) is 6.94. The van der Waals surface area contributed by atoms with Crippen LogP contribution in [0.3, 0.4) is 0 Å². The maximum Gasteiger partial charge on any atom is 0.0370 e. The summed E-state index contributed by atoms with van der Waals surface area (Å²) in [4.78, 5) is 5.20. The van der Waals surface area contributed by atoms with E-state index in [1.807, 2.05) is 0 Å². The first kappa shape index (κ1) is 15.8. The van der Waals surface area contributed by atoms with Crippen LogP contribution in [0.1, 0.15) is 50.8 Å². The SMILES string of the molecule is CCC(C)N1CCN(c2ccc3c(c2)[C@H](C)NCCC3)CC1. The highest BCUT2D eigenvalue weighted by molar-refractivity contribution is 5.52. The molecule has 1 aromatic carbocycles. The molecule has 2 aliphatic heterocycles. The van der Waals surface area contributed by atoms with E-state index in [2.05, 4.69) is 54.1 Å². The summed E-state index contributed by atoms with van der Waals surface area (Å²) in [5.41, 5.74) is 4.47. The summed E-state index contributed by atoms with van der Waals surface area (Å²) in [6.45, 7) is 12.8. The zero-order valence-corrected chi connectivity index (χ0v) is 14.4. The average Bonchev–Trinajstić information content (AvgIpc) is 2.76. The van der Waals surface area contributed by atoms with Crippen LogP contribution in [0.15, 0.2) is 18.2 Å². The average molecular weight is 301 g/mol. The Hall–Kier alpha value is -1.06. The van der Waals surface area contributed by atoms with Gasteiger partial charge in [-0.2, -0.15) is 0 Å². The van der Waals surface area contributed by atoms with Crippen molar-refractivity contribution in [3.63, 3.8) is 0 Å². The number of anilines is 1. The van der Waals surface area contributed by atoms with Gasteiger partial charge in [-0.15, -0.1) is 0 Å². The monoisotopic (exact) mass is 301 g/mol. The van der Waals surface area contributed by atoms with Crippen molar-refractivity contribution < 1.29 is 0 Å². The number of piperazine rings is 1. The van der Waals surface area contributed by atoms with Gasteiger partial charge in [-0.25, -0.2) is 0 Å². The Morgan fingerprint density at radius 2 is 2.00 bits per heavy atom. The number of benzene rings is 1. The van der Waals surface area contributed by atoms with E-state index < -0.39 is 0 Å². The minimum atomic E-state index is 0.485. The first-order valence-electron chi connectivity index (χ1n) is 9.04. The minimum Gasteiger partial charge on any atom is -0.369 e. The lowest BCUT2D eigenvalue weighted by Crippen LogP contribution is -2.49. The summed E-state index contributed by atoms with van der Waals surface area (Å²) < 4.78 is 0. The van der Waals surface area contributed by atoms with Crippen molar-refractivity contribution >= 4 is 5.69 Å². The molecule has 22 heavy (non-hydrogen) atoms. The Balaban J connectivity index is 1.71. The van der Waals surface area contributed by atoms with Gasteiger partial charge in [0.2, 0.25) is 0 Å². The van der Waals surface area contributed by atoms with Crippen molar-refractivity contribution in [1.82, 2.24) is 10.2 Å². The van der Waals surface area contributed by atoms with E-state index >= 15 is 0 Å². The largest absolute Gasteiger partial charge is 0.369 e. The Kier molecular flexibility index (Phi) is 5.04. The van der Waals surface area contributed by atoms with E-state index in [0.29, 0.717) is 6.04 Å². The Morgan fingerprint density at radius 1 is 1.23 bits per heavy atom. The molecule has 0 amide bonds. The van der Waals surface area contributed by atoms with Gasteiger partial charge >= 0.3 is 0 Å². The van der Waals surface area contributed by atoms with Crippen molar-refractivity contribution in [2.75, 3.05) is 37.6 Å². The van der Waals surface area contributed by atoms with Gasteiger partial charge in [-0.05, 0) is 62.9 Å². The van der Waals surface area contributed by atoms with Crippen LogP contribution in [0.2, 0.25) is 0 Å². The number of hydrogen-bond donors (Lipinski definition) is 1. The molecule has 2 aliphatic rings. The fourth-order valence-corrected chi connectivity index (χ4v) is 3.80. The van der Waals surface area contributed by atoms with Crippen LogP contribution in [-0.2, 0) is 6.42 Å². The maximum atomic E-state index is 3.63. The lowest BCUT2D eigenvalue weighted by atomic mass is 9.98. The van der Waals surface area contributed by atoms with Crippen LogP contribution < -0.4 is 10.2 Å². The molecule has 0 aliphatic carbocycles. The molecule has 0 saturated carbocycles. The first-order chi connectivity index (χ1) is 10.7. The summed E-state index contributed by atoms with van der Waals surface area (Å²) in [5.74, 6) is 0. The van der Waals surface area contributed by atoms with Crippen molar-refractivity contribution in [3.8, 4) is 0 Å². The summed E-state index contributed by atoms with van der Waals surface area (Å²) in [5, 5.41) is 3.63. The van der Waals surface area contributed by atoms with Gasteiger partial charge in [0.1, 0.15) is 0 Å². The molecule has 3 rings (SSSR count).